The van der Waals surface area contributed by atoms with Crippen LogP contribution in [0.25, 0.3) is 10.9 Å². The van der Waals surface area contributed by atoms with Gasteiger partial charge in [-0.05, 0) is 69.7 Å². The monoisotopic (exact) mass is 409 g/mol. The quantitative estimate of drug-likeness (QED) is 0.838. The van der Waals surface area contributed by atoms with E-state index < -0.39 is 0 Å². The third-order valence-electron chi connectivity index (χ3n) is 7.99. The van der Waals surface area contributed by atoms with Crippen molar-refractivity contribution < 1.29 is 9.53 Å². The molecule has 0 unspecified atom stereocenters. The lowest BCUT2D eigenvalue weighted by molar-refractivity contribution is -0.128. The molecule has 3 atom stereocenters. The number of fused-ring (bicyclic) bond motifs is 2. The number of nitrogens with zero attached hydrogens (tertiary/aromatic N) is 2. The van der Waals surface area contributed by atoms with Crippen LogP contribution in [-0.2, 0) is 22.5 Å². The van der Waals surface area contributed by atoms with E-state index in [1.165, 1.54) is 22.0 Å². The van der Waals surface area contributed by atoms with Gasteiger partial charge in [0.05, 0.1) is 6.10 Å². The Morgan fingerprint density at radius 1 is 1.23 bits per heavy atom. The van der Waals surface area contributed by atoms with Crippen molar-refractivity contribution >= 4 is 16.8 Å². The number of likely N-dealkylation sites (tertiary alicyclic amines) is 1. The topological polar surface area (TPSA) is 46.5 Å². The van der Waals surface area contributed by atoms with Crippen molar-refractivity contribution in [3.05, 3.63) is 35.5 Å². The van der Waals surface area contributed by atoms with Crippen molar-refractivity contribution in [3.63, 3.8) is 0 Å². The zero-order chi connectivity index (χ0) is 20.8. The summed E-state index contributed by atoms with van der Waals surface area (Å²) in [5.74, 6) is 0.898. The number of piperidine rings is 1. The fourth-order valence-electron chi connectivity index (χ4n) is 6.36. The van der Waals surface area contributed by atoms with Gasteiger partial charge in [0.2, 0.25) is 5.91 Å². The summed E-state index contributed by atoms with van der Waals surface area (Å²) in [4.78, 5) is 15.5. The molecule has 5 rings (SSSR count). The van der Waals surface area contributed by atoms with Crippen LogP contribution in [0.15, 0.2) is 24.4 Å². The number of nitrogens with one attached hydrogen (secondary N) is 1. The molecule has 1 saturated carbocycles. The SMILES string of the molecule is CCn1cc2c3c(cccc31)[C@H]1C[C@@H](NC(=O)C3CCC(OC)CC3)CN(C)[C@@H]1C2. The van der Waals surface area contributed by atoms with Crippen LogP contribution in [0.1, 0.15) is 56.1 Å². The van der Waals surface area contributed by atoms with Gasteiger partial charge >= 0.3 is 0 Å². The smallest absolute Gasteiger partial charge is 0.223 e. The largest absolute Gasteiger partial charge is 0.381 e. The summed E-state index contributed by atoms with van der Waals surface area (Å²) in [5, 5.41) is 4.90. The number of aryl methyl sites for hydroxylation is 1. The zero-order valence-electron chi connectivity index (χ0n) is 18.6. The number of hydrogen-bond donors (Lipinski definition) is 1. The lowest BCUT2D eigenvalue weighted by Gasteiger charge is -2.46. The van der Waals surface area contributed by atoms with E-state index in [-0.39, 0.29) is 17.9 Å². The van der Waals surface area contributed by atoms with Gasteiger partial charge in [-0.1, -0.05) is 12.1 Å². The molecule has 0 bridgehead atoms. The number of ether oxygens (including phenoxy) is 1. The first kappa shape index (κ1) is 20.1. The standard InChI is InChI=1S/C25H35N3O2/c1-4-28-14-17-12-23-21(20-6-5-7-22(28)24(17)20)13-18(15-27(23)2)26-25(29)16-8-10-19(30-3)11-9-16/h5-7,14,16,18-19,21,23H,4,8-13,15H2,1-3H3,(H,26,29)/t16?,18-,19?,21-,23-/m1/s1. The maximum absolute atomic E-state index is 13.0. The van der Waals surface area contributed by atoms with Crippen molar-refractivity contribution in [1.82, 2.24) is 14.8 Å². The summed E-state index contributed by atoms with van der Waals surface area (Å²) in [6.45, 7) is 4.17. The van der Waals surface area contributed by atoms with E-state index in [0.717, 1.165) is 51.6 Å². The van der Waals surface area contributed by atoms with Crippen LogP contribution in [0.3, 0.4) is 0 Å². The number of likely N-dealkylation sites (N-methyl/N-ethyl adjacent to an activating group) is 1. The number of carbonyl (C=O) groups excluding carboxylic acids is 1. The number of methoxy groups -OCH3 is 1. The molecule has 30 heavy (non-hydrogen) atoms. The predicted molar refractivity (Wildman–Crippen MR) is 120 cm³/mol. The second-order valence-electron chi connectivity index (χ2n) is 9.65. The highest BCUT2D eigenvalue weighted by molar-refractivity contribution is 5.89. The summed E-state index contributed by atoms with van der Waals surface area (Å²) in [6, 6.07) is 7.56. The van der Waals surface area contributed by atoms with E-state index in [9.17, 15) is 4.79 Å². The van der Waals surface area contributed by atoms with Gasteiger partial charge in [0.25, 0.3) is 0 Å². The average molecular weight is 410 g/mol. The second kappa shape index (κ2) is 8.01. The molecule has 162 valence electrons. The number of benzene rings is 1. The molecule has 2 aliphatic carbocycles. The van der Waals surface area contributed by atoms with Crippen molar-refractivity contribution in [2.45, 2.75) is 76.1 Å². The lowest BCUT2D eigenvalue weighted by Crippen LogP contribution is -2.55. The highest BCUT2D eigenvalue weighted by Gasteiger charge is 2.40. The first-order valence-electron chi connectivity index (χ1n) is 11.7. The number of carbonyl (C=O) groups is 1. The Labute approximate surface area is 179 Å². The van der Waals surface area contributed by atoms with E-state index in [1.54, 1.807) is 7.11 Å². The number of amides is 1. The molecule has 0 spiro atoms. The molecular weight excluding hydrogens is 374 g/mol. The van der Waals surface area contributed by atoms with Crippen LogP contribution in [0.2, 0.25) is 0 Å². The number of hydrogen-bond acceptors (Lipinski definition) is 3. The van der Waals surface area contributed by atoms with E-state index in [4.69, 9.17) is 4.74 Å². The third-order valence-corrected chi connectivity index (χ3v) is 7.99. The Kier molecular flexibility index (Phi) is 5.36. The molecule has 2 aromatic rings. The number of aromatic nitrogens is 1. The van der Waals surface area contributed by atoms with E-state index in [1.807, 2.05) is 0 Å². The van der Waals surface area contributed by atoms with Crippen molar-refractivity contribution in [2.75, 3.05) is 20.7 Å². The highest BCUT2D eigenvalue weighted by atomic mass is 16.5. The molecule has 2 heterocycles. The lowest BCUT2D eigenvalue weighted by atomic mass is 9.74. The van der Waals surface area contributed by atoms with Crippen molar-refractivity contribution in [1.29, 1.82) is 0 Å². The van der Waals surface area contributed by atoms with Crippen molar-refractivity contribution in [2.24, 2.45) is 5.92 Å². The van der Waals surface area contributed by atoms with E-state index in [2.05, 4.69) is 53.2 Å². The van der Waals surface area contributed by atoms with Crippen LogP contribution < -0.4 is 5.32 Å². The maximum atomic E-state index is 13.0. The number of rotatable bonds is 4. The van der Waals surface area contributed by atoms with Crippen LogP contribution in [0.4, 0.5) is 0 Å². The average Bonchev–Trinajstić information content (AvgIpc) is 3.13. The molecule has 5 heteroatoms. The minimum Gasteiger partial charge on any atom is -0.381 e. The molecule has 5 nitrogen and oxygen atoms in total. The minimum absolute atomic E-state index is 0.152. The van der Waals surface area contributed by atoms with Crippen LogP contribution in [0.5, 0.6) is 0 Å². The second-order valence-corrected chi connectivity index (χ2v) is 9.65. The molecule has 2 fully saturated rings. The molecule has 3 aliphatic rings. The molecule has 1 N–H and O–H groups in total. The van der Waals surface area contributed by atoms with Gasteiger partial charge in [-0.15, -0.1) is 0 Å². The minimum atomic E-state index is 0.152. The molecule has 1 aliphatic heterocycles. The highest BCUT2D eigenvalue weighted by Crippen LogP contribution is 2.43. The summed E-state index contributed by atoms with van der Waals surface area (Å²) in [6.07, 6.45) is 8.77. The molecule has 1 aromatic carbocycles. The normalized spacial score (nSPS) is 31.5. The van der Waals surface area contributed by atoms with Gasteiger partial charge in [0.15, 0.2) is 0 Å². The molecular formula is C25H35N3O2. The predicted octanol–water partition coefficient (Wildman–Crippen LogP) is 3.70. The summed E-state index contributed by atoms with van der Waals surface area (Å²) in [7, 11) is 4.02. The van der Waals surface area contributed by atoms with Gasteiger partial charge < -0.3 is 19.5 Å². The van der Waals surface area contributed by atoms with Gasteiger partial charge in [0.1, 0.15) is 0 Å². The Bertz CT molecular complexity index is 928. The molecule has 1 aromatic heterocycles. The van der Waals surface area contributed by atoms with Gasteiger partial charge in [-0.25, -0.2) is 0 Å². The Morgan fingerprint density at radius 2 is 2.03 bits per heavy atom. The third kappa shape index (κ3) is 3.36. The fraction of sp³-hybridized carbons (Fsp3) is 0.640. The van der Waals surface area contributed by atoms with E-state index >= 15 is 0 Å². The van der Waals surface area contributed by atoms with Gasteiger partial charge in [-0.2, -0.15) is 0 Å². The maximum Gasteiger partial charge on any atom is 0.223 e. The Balaban J connectivity index is 1.34. The Hall–Kier alpha value is -1.85. The summed E-state index contributed by atoms with van der Waals surface area (Å²) >= 11 is 0. The first-order valence-corrected chi connectivity index (χ1v) is 11.7. The van der Waals surface area contributed by atoms with Gasteiger partial charge in [-0.3, -0.25) is 4.79 Å². The molecule has 1 saturated heterocycles. The van der Waals surface area contributed by atoms with E-state index in [0.29, 0.717) is 18.1 Å². The van der Waals surface area contributed by atoms with Crippen LogP contribution >= 0.6 is 0 Å². The molecule has 1 amide bonds. The molecule has 0 radical (unpaired) electrons. The van der Waals surface area contributed by atoms with Crippen LogP contribution in [-0.4, -0.2) is 54.3 Å². The first-order chi connectivity index (χ1) is 14.6. The van der Waals surface area contributed by atoms with Crippen molar-refractivity contribution in [3.8, 4) is 0 Å². The summed E-state index contributed by atoms with van der Waals surface area (Å²) < 4.78 is 7.86. The zero-order valence-corrected chi connectivity index (χ0v) is 18.6. The van der Waals surface area contributed by atoms with Gasteiger partial charge in [0, 0.05) is 61.2 Å². The fourth-order valence-corrected chi connectivity index (χ4v) is 6.36. The summed E-state index contributed by atoms with van der Waals surface area (Å²) in [5.41, 5.74) is 4.34. The Morgan fingerprint density at radius 3 is 2.77 bits per heavy atom. The van der Waals surface area contributed by atoms with Crippen LogP contribution in [0, 0.1) is 5.92 Å².